The number of ether oxygens (including phenoxy) is 1. The van der Waals surface area contributed by atoms with Crippen LogP contribution in [0.25, 0.3) is 0 Å². The second-order valence-corrected chi connectivity index (χ2v) is 8.94. The summed E-state index contributed by atoms with van der Waals surface area (Å²) in [5, 5.41) is 6.93. The fourth-order valence-corrected chi connectivity index (χ4v) is 4.91. The van der Waals surface area contributed by atoms with Gasteiger partial charge in [-0.1, -0.05) is 31.4 Å². The van der Waals surface area contributed by atoms with Crippen LogP contribution in [0.4, 0.5) is 5.69 Å². The van der Waals surface area contributed by atoms with E-state index in [0.717, 1.165) is 71.2 Å². The normalized spacial score (nSPS) is 22.4. The van der Waals surface area contributed by atoms with E-state index in [-0.39, 0.29) is 35.9 Å². The van der Waals surface area contributed by atoms with Crippen molar-refractivity contribution >= 4 is 41.5 Å². The Kier molecular flexibility index (Phi) is 9.90. The number of hydrogen-bond acceptors (Lipinski definition) is 4. The number of rotatable bonds is 5. The van der Waals surface area contributed by atoms with E-state index in [1.54, 1.807) is 7.05 Å². The molecule has 1 aliphatic carbocycles. The molecule has 0 spiro atoms. The monoisotopic (exact) mass is 555 g/mol. The second-order valence-electron chi connectivity index (χ2n) is 8.94. The maximum Gasteiger partial charge on any atom is 0.225 e. The van der Waals surface area contributed by atoms with Crippen molar-refractivity contribution in [3.63, 3.8) is 0 Å². The van der Waals surface area contributed by atoms with E-state index in [4.69, 9.17) is 4.74 Å². The Bertz CT molecular complexity index is 745. The Morgan fingerprint density at radius 3 is 2.47 bits per heavy atom. The van der Waals surface area contributed by atoms with Gasteiger partial charge in [0.15, 0.2) is 5.96 Å². The number of halogens is 1. The maximum absolute atomic E-state index is 12.8. The van der Waals surface area contributed by atoms with Gasteiger partial charge in [0.05, 0.1) is 13.2 Å². The molecule has 1 saturated carbocycles. The van der Waals surface area contributed by atoms with E-state index >= 15 is 0 Å². The lowest BCUT2D eigenvalue weighted by Gasteiger charge is -2.29. The number of carbonyl (C=O) groups is 1. The van der Waals surface area contributed by atoms with E-state index in [1.807, 2.05) is 0 Å². The van der Waals surface area contributed by atoms with Crippen LogP contribution in [0.1, 0.15) is 44.1 Å². The minimum atomic E-state index is 0. The summed E-state index contributed by atoms with van der Waals surface area (Å²) in [5.74, 6) is 1.42. The molecule has 1 atom stereocenters. The first-order valence-electron chi connectivity index (χ1n) is 11.9. The number of aliphatic imine (C=N–C) groups is 1. The average molecular weight is 556 g/mol. The van der Waals surface area contributed by atoms with Crippen LogP contribution in [-0.4, -0.2) is 69.2 Å². The Labute approximate surface area is 209 Å². The third-order valence-corrected chi connectivity index (χ3v) is 6.79. The molecule has 1 unspecified atom stereocenters. The molecule has 1 aromatic carbocycles. The van der Waals surface area contributed by atoms with Crippen molar-refractivity contribution in [2.45, 2.75) is 51.1 Å². The fraction of sp³-hybridized carbons (Fsp3) is 0.667. The van der Waals surface area contributed by atoms with Crippen LogP contribution in [0.5, 0.6) is 0 Å². The Morgan fingerprint density at radius 1 is 1.06 bits per heavy atom. The largest absolute Gasteiger partial charge is 0.378 e. The SMILES string of the molecule is CN=C(NCc1ccc(N2CCOCC2)cc1)NC1CCN(C(=O)C2CCCCC2)C1.I. The molecule has 7 nitrogen and oxygen atoms in total. The van der Waals surface area contributed by atoms with Crippen LogP contribution in [0.15, 0.2) is 29.3 Å². The lowest BCUT2D eigenvalue weighted by atomic mass is 9.88. The van der Waals surface area contributed by atoms with Crippen molar-refractivity contribution in [2.75, 3.05) is 51.3 Å². The first-order chi connectivity index (χ1) is 15.2. The molecule has 1 amide bonds. The first-order valence-corrected chi connectivity index (χ1v) is 11.9. The highest BCUT2D eigenvalue weighted by Crippen LogP contribution is 2.26. The predicted octanol–water partition coefficient (Wildman–Crippen LogP) is 2.99. The molecule has 4 rings (SSSR count). The van der Waals surface area contributed by atoms with Gasteiger partial charge in [-0.3, -0.25) is 9.79 Å². The lowest BCUT2D eigenvalue weighted by Crippen LogP contribution is -2.45. The summed E-state index contributed by atoms with van der Waals surface area (Å²) in [6.45, 7) is 5.87. The third kappa shape index (κ3) is 6.73. The Hall–Kier alpha value is -1.55. The molecular formula is C24H38IN5O2. The minimum Gasteiger partial charge on any atom is -0.378 e. The summed E-state index contributed by atoms with van der Waals surface area (Å²) in [7, 11) is 1.80. The van der Waals surface area contributed by atoms with Crippen LogP contribution >= 0.6 is 24.0 Å². The number of guanidine groups is 1. The average Bonchev–Trinajstić information content (AvgIpc) is 3.31. The molecule has 0 bridgehead atoms. The number of nitrogens with one attached hydrogen (secondary N) is 2. The van der Waals surface area contributed by atoms with Gasteiger partial charge >= 0.3 is 0 Å². The van der Waals surface area contributed by atoms with Gasteiger partial charge in [-0.15, -0.1) is 24.0 Å². The van der Waals surface area contributed by atoms with Crippen molar-refractivity contribution < 1.29 is 9.53 Å². The Balaban J connectivity index is 0.00000289. The zero-order chi connectivity index (χ0) is 21.5. The molecular weight excluding hydrogens is 517 g/mol. The molecule has 32 heavy (non-hydrogen) atoms. The van der Waals surface area contributed by atoms with Gasteiger partial charge in [0.2, 0.25) is 5.91 Å². The number of amides is 1. The maximum atomic E-state index is 12.8. The number of benzene rings is 1. The van der Waals surface area contributed by atoms with Crippen molar-refractivity contribution in [2.24, 2.45) is 10.9 Å². The summed E-state index contributed by atoms with van der Waals surface area (Å²) in [6, 6.07) is 8.98. The van der Waals surface area contributed by atoms with Crippen LogP contribution in [-0.2, 0) is 16.1 Å². The highest BCUT2D eigenvalue weighted by atomic mass is 127. The summed E-state index contributed by atoms with van der Waals surface area (Å²) >= 11 is 0. The lowest BCUT2D eigenvalue weighted by molar-refractivity contribution is -0.135. The number of hydrogen-bond donors (Lipinski definition) is 2. The van der Waals surface area contributed by atoms with Crippen molar-refractivity contribution in [3.05, 3.63) is 29.8 Å². The van der Waals surface area contributed by atoms with Crippen LogP contribution < -0.4 is 15.5 Å². The zero-order valence-electron chi connectivity index (χ0n) is 19.2. The highest BCUT2D eigenvalue weighted by molar-refractivity contribution is 14.0. The molecule has 3 aliphatic rings. The molecule has 2 saturated heterocycles. The topological polar surface area (TPSA) is 69.2 Å². The van der Waals surface area contributed by atoms with Gasteiger partial charge in [-0.05, 0) is 37.0 Å². The van der Waals surface area contributed by atoms with Crippen molar-refractivity contribution in [1.29, 1.82) is 0 Å². The van der Waals surface area contributed by atoms with E-state index in [9.17, 15) is 4.79 Å². The molecule has 1 aromatic rings. The van der Waals surface area contributed by atoms with Gasteiger partial charge in [0.1, 0.15) is 0 Å². The zero-order valence-corrected chi connectivity index (χ0v) is 21.6. The van der Waals surface area contributed by atoms with Crippen molar-refractivity contribution in [1.82, 2.24) is 15.5 Å². The molecule has 2 N–H and O–H groups in total. The summed E-state index contributed by atoms with van der Waals surface area (Å²) < 4.78 is 5.43. The fourth-order valence-electron chi connectivity index (χ4n) is 4.91. The number of morpholine rings is 1. The Morgan fingerprint density at radius 2 is 1.78 bits per heavy atom. The molecule has 2 aliphatic heterocycles. The summed E-state index contributed by atoms with van der Waals surface area (Å²) in [4.78, 5) is 21.6. The van der Waals surface area contributed by atoms with Gasteiger partial charge < -0.3 is 25.2 Å². The minimum absolute atomic E-state index is 0. The van der Waals surface area contributed by atoms with E-state index in [0.29, 0.717) is 5.91 Å². The summed E-state index contributed by atoms with van der Waals surface area (Å²) in [5.41, 5.74) is 2.48. The van der Waals surface area contributed by atoms with Crippen LogP contribution in [0.3, 0.4) is 0 Å². The highest BCUT2D eigenvalue weighted by Gasteiger charge is 2.31. The molecule has 178 valence electrons. The van der Waals surface area contributed by atoms with Gasteiger partial charge in [-0.25, -0.2) is 0 Å². The first kappa shape index (κ1) is 25.1. The van der Waals surface area contributed by atoms with Gasteiger partial charge in [0.25, 0.3) is 0 Å². The van der Waals surface area contributed by atoms with E-state index in [2.05, 4.69) is 49.7 Å². The van der Waals surface area contributed by atoms with E-state index in [1.165, 1.54) is 30.5 Å². The van der Waals surface area contributed by atoms with Crippen LogP contribution in [0.2, 0.25) is 0 Å². The van der Waals surface area contributed by atoms with Gasteiger partial charge in [-0.2, -0.15) is 0 Å². The number of carbonyl (C=O) groups excluding carboxylic acids is 1. The quantitative estimate of drug-likeness (QED) is 0.332. The van der Waals surface area contributed by atoms with Crippen LogP contribution in [0, 0.1) is 5.92 Å². The molecule has 0 radical (unpaired) electrons. The predicted molar refractivity (Wildman–Crippen MR) is 140 cm³/mol. The van der Waals surface area contributed by atoms with Crippen molar-refractivity contribution in [3.8, 4) is 0 Å². The molecule has 3 fully saturated rings. The number of nitrogens with zero attached hydrogens (tertiary/aromatic N) is 3. The standard InChI is InChI=1S/C24H37N5O2.HI/c1-25-24(26-17-19-7-9-22(10-8-19)28-13-15-31-16-14-28)27-21-11-12-29(18-21)23(30)20-5-3-2-4-6-20;/h7-10,20-21H,2-6,11-18H2,1H3,(H2,25,26,27);1H. The van der Waals surface area contributed by atoms with Gasteiger partial charge in [0, 0.05) is 57.4 Å². The third-order valence-electron chi connectivity index (χ3n) is 6.79. The molecule has 8 heteroatoms. The summed E-state index contributed by atoms with van der Waals surface area (Å²) in [6.07, 6.45) is 6.81. The molecule has 0 aromatic heterocycles. The second kappa shape index (κ2) is 12.6. The number of anilines is 1. The molecule has 2 heterocycles. The number of likely N-dealkylation sites (tertiary alicyclic amines) is 1. The smallest absolute Gasteiger partial charge is 0.225 e. The van der Waals surface area contributed by atoms with E-state index < -0.39 is 0 Å².